The minimum atomic E-state index is -0.408. The molecule has 4 rings (SSSR count). The number of aromatic nitrogens is 1. The van der Waals surface area contributed by atoms with E-state index in [9.17, 15) is 9.50 Å². The molecule has 6 heteroatoms. The number of nitrogens with zero attached hydrogens (tertiary/aromatic N) is 2. The molecule has 1 N–H and O–H groups in total. The van der Waals surface area contributed by atoms with E-state index in [4.69, 9.17) is 9.47 Å². The first-order valence-corrected chi connectivity index (χ1v) is 9.72. The average molecular weight is 394 g/mol. The summed E-state index contributed by atoms with van der Waals surface area (Å²) in [6.07, 6.45) is 3.16. The molecule has 29 heavy (non-hydrogen) atoms. The molecule has 1 aliphatic heterocycles. The van der Waals surface area contributed by atoms with Gasteiger partial charge >= 0.3 is 0 Å². The van der Waals surface area contributed by atoms with Crippen molar-refractivity contribution in [3.63, 3.8) is 0 Å². The van der Waals surface area contributed by atoms with E-state index in [2.05, 4.69) is 9.88 Å². The number of rotatable bonds is 7. The Balaban J connectivity index is 1.49. The molecule has 1 atom stereocenters. The van der Waals surface area contributed by atoms with E-state index in [1.54, 1.807) is 24.4 Å². The van der Waals surface area contributed by atoms with Crippen LogP contribution in [-0.4, -0.2) is 35.9 Å². The van der Waals surface area contributed by atoms with Crippen molar-refractivity contribution < 1.29 is 19.0 Å². The third-order valence-electron chi connectivity index (χ3n) is 4.91. The van der Waals surface area contributed by atoms with E-state index >= 15 is 0 Å². The number of benzene rings is 2. The van der Waals surface area contributed by atoms with Crippen molar-refractivity contribution in [2.75, 3.05) is 24.6 Å². The number of para-hydroxylation sites is 1. The minimum absolute atomic E-state index is 0.0257. The van der Waals surface area contributed by atoms with Crippen LogP contribution in [0.2, 0.25) is 0 Å². The topological polar surface area (TPSA) is 54.8 Å². The summed E-state index contributed by atoms with van der Waals surface area (Å²) < 4.78 is 25.6. The van der Waals surface area contributed by atoms with Gasteiger partial charge in [-0.05, 0) is 48.4 Å². The molecule has 1 fully saturated rings. The van der Waals surface area contributed by atoms with E-state index in [0.29, 0.717) is 18.1 Å². The Morgan fingerprint density at radius 3 is 2.76 bits per heavy atom. The second-order valence-corrected chi connectivity index (χ2v) is 6.94. The zero-order valence-electron chi connectivity index (χ0n) is 16.0. The van der Waals surface area contributed by atoms with E-state index in [1.807, 2.05) is 36.4 Å². The molecule has 2 heterocycles. The standard InChI is InChI=1S/C23H23FN2O3/c24-20-5-1-2-6-22(20)28-18-8-9-21(17(15-18)11-14-27)26-13-10-19(16-26)29-23-7-3-4-12-25-23/h1-9,12,15,19,27H,10-11,13-14,16H2/t19-/m0/s1. The number of anilines is 1. The maximum Gasteiger partial charge on any atom is 0.213 e. The van der Waals surface area contributed by atoms with Crippen LogP contribution in [0.1, 0.15) is 12.0 Å². The summed E-state index contributed by atoms with van der Waals surface area (Å²) in [7, 11) is 0. The van der Waals surface area contributed by atoms with Crippen molar-refractivity contribution in [2.45, 2.75) is 18.9 Å². The fourth-order valence-electron chi connectivity index (χ4n) is 3.54. The number of hydrogen-bond acceptors (Lipinski definition) is 5. The molecule has 3 aromatic rings. The Kier molecular flexibility index (Phi) is 5.91. The van der Waals surface area contributed by atoms with Crippen LogP contribution in [0, 0.1) is 5.82 Å². The van der Waals surface area contributed by atoms with Crippen molar-refractivity contribution in [1.29, 1.82) is 0 Å². The number of hydrogen-bond donors (Lipinski definition) is 1. The van der Waals surface area contributed by atoms with Gasteiger partial charge < -0.3 is 19.5 Å². The number of aliphatic hydroxyl groups excluding tert-OH is 1. The van der Waals surface area contributed by atoms with Crippen molar-refractivity contribution in [3.05, 3.63) is 78.2 Å². The lowest BCUT2D eigenvalue weighted by Gasteiger charge is -2.23. The molecule has 0 saturated carbocycles. The highest BCUT2D eigenvalue weighted by atomic mass is 19.1. The first-order chi connectivity index (χ1) is 14.2. The minimum Gasteiger partial charge on any atom is -0.472 e. The predicted molar refractivity (Wildman–Crippen MR) is 109 cm³/mol. The van der Waals surface area contributed by atoms with Gasteiger partial charge in [0.1, 0.15) is 11.9 Å². The third-order valence-corrected chi connectivity index (χ3v) is 4.91. The third kappa shape index (κ3) is 4.66. The molecule has 1 saturated heterocycles. The molecule has 0 spiro atoms. The summed E-state index contributed by atoms with van der Waals surface area (Å²) in [5, 5.41) is 9.51. The molecule has 150 valence electrons. The highest BCUT2D eigenvalue weighted by Gasteiger charge is 2.26. The van der Waals surface area contributed by atoms with Crippen molar-refractivity contribution >= 4 is 5.69 Å². The highest BCUT2D eigenvalue weighted by molar-refractivity contribution is 5.58. The quantitative estimate of drug-likeness (QED) is 0.651. The van der Waals surface area contributed by atoms with Gasteiger partial charge in [0.05, 0.1) is 6.54 Å². The molecule has 1 aliphatic rings. The van der Waals surface area contributed by atoms with Gasteiger partial charge in [0, 0.05) is 37.5 Å². The van der Waals surface area contributed by atoms with Gasteiger partial charge in [-0.15, -0.1) is 0 Å². The maximum absolute atomic E-state index is 13.9. The van der Waals surface area contributed by atoms with E-state index in [-0.39, 0.29) is 18.5 Å². The fourth-order valence-corrected chi connectivity index (χ4v) is 3.54. The fraction of sp³-hybridized carbons (Fsp3) is 0.261. The smallest absolute Gasteiger partial charge is 0.213 e. The van der Waals surface area contributed by atoms with Crippen LogP contribution >= 0.6 is 0 Å². The van der Waals surface area contributed by atoms with E-state index < -0.39 is 5.82 Å². The van der Waals surface area contributed by atoms with Gasteiger partial charge in [-0.1, -0.05) is 18.2 Å². The summed E-state index contributed by atoms with van der Waals surface area (Å²) in [4.78, 5) is 6.47. The summed E-state index contributed by atoms with van der Waals surface area (Å²) in [5.41, 5.74) is 1.99. The first kappa shape index (κ1) is 19.2. The normalized spacial score (nSPS) is 16.1. The predicted octanol–water partition coefficient (Wildman–Crippen LogP) is 4.21. The van der Waals surface area contributed by atoms with Gasteiger partial charge in [-0.2, -0.15) is 0 Å². The van der Waals surface area contributed by atoms with Crippen molar-refractivity contribution in [1.82, 2.24) is 4.98 Å². The lowest BCUT2D eigenvalue weighted by atomic mass is 10.1. The van der Waals surface area contributed by atoms with E-state index in [1.165, 1.54) is 6.07 Å². The van der Waals surface area contributed by atoms with Crippen LogP contribution in [0.4, 0.5) is 10.1 Å². The molecule has 2 aromatic carbocycles. The molecule has 0 unspecified atom stereocenters. The van der Waals surface area contributed by atoms with Gasteiger partial charge in [0.15, 0.2) is 11.6 Å². The second-order valence-electron chi connectivity index (χ2n) is 6.94. The average Bonchev–Trinajstić information content (AvgIpc) is 3.19. The van der Waals surface area contributed by atoms with Crippen LogP contribution in [0.5, 0.6) is 17.4 Å². The Morgan fingerprint density at radius 2 is 1.97 bits per heavy atom. The van der Waals surface area contributed by atoms with Gasteiger partial charge in [0.2, 0.25) is 5.88 Å². The zero-order valence-corrected chi connectivity index (χ0v) is 16.0. The summed E-state index contributed by atoms with van der Waals surface area (Å²) in [6, 6.07) is 17.6. The second kappa shape index (κ2) is 8.92. The van der Waals surface area contributed by atoms with Crippen LogP contribution in [0.25, 0.3) is 0 Å². The number of aliphatic hydroxyl groups is 1. The molecule has 0 radical (unpaired) electrons. The monoisotopic (exact) mass is 394 g/mol. The Labute approximate surface area is 169 Å². The SMILES string of the molecule is OCCc1cc(Oc2ccccc2F)ccc1N1CC[C@H](Oc2ccccn2)C1. The van der Waals surface area contributed by atoms with Crippen LogP contribution in [0.3, 0.4) is 0 Å². The summed E-state index contributed by atoms with van der Waals surface area (Å²) in [6.45, 7) is 1.61. The molecule has 0 aliphatic carbocycles. The Bertz CT molecular complexity index is 952. The van der Waals surface area contributed by atoms with Crippen molar-refractivity contribution in [3.8, 4) is 17.4 Å². The first-order valence-electron chi connectivity index (χ1n) is 9.72. The Hall–Kier alpha value is -3.12. The molecular formula is C23H23FN2O3. The largest absolute Gasteiger partial charge is 0.472 e. The van der Waals surface area contributed by atoms with Crippen molar-refractivity contribution in [2.24, 2.45) is 0 Å². The molecule has 5 nitrogen and oxygen atoms in total. The number of pyridine rings is 1. The van der Waals surface area contributed by atoms with E-state index in [0.717, 1.165) is 30.8 Å². The van der Waals surface area contributed by atoms with Gasteiger partial charge in [-0.3, -0.25) is 0 Å². The number of halogens is 1. The van der Waals surface area contributed by atoms with Crippen LogP contribution in [-0.2, 0) is 6.42 Å². The lowest BCUT2D eigenvalue weighted by Crippen LogP contribution is -2.25. The highest BCUT2D eigenvalue weighted by Crippen LogP contribution is 2.32. The molecule has 1 aromatic heterocycles. The number of ether oxygens (including phenoxy) is 2. The van der Waals surface area contributed by atoms with Crippen LogP contribution in [0.15, 0.2) is 66.9 Å². The summed E-state index contributed by atoms with van der Waals surface area (Å²) >= 11 is 0. The van der Waals surface area contributed by atoms with Crippen LogP contribution < -0.4 is 14.4 Å². The maximum atomic E-state index is 13.9. The molecular weight excluding hydrogens is 371 g/mol. The molecule has 0 bridgehead atoms. The Morgan fingerprint density at radius 1 is 1.10 bits per heavy atom. The van der Waals surface area contributed by atoms with Gasteiger partial charge in [0.25, 0.3) is 0 Å². The summed E-state index contributed by atoms with van der Waals surface area (Å²) in [5.74, 6) is 0.945. The molecule has 0 amide bonds. The lowest BCUT2D eigenvalue weighted by molar-refractivity contribution is 0.216. The van der Waals surface area contributed by atoms with Gasteiger partial charge in [-0.25, -0.2) is 9.37 Å². The zero-order chi connectivity index (χ0) is 20.1.